The number of benzene rings is 1. The number of nitrogens with zero attached hydrogens (tertiary/aromatic N) is 4. The van der Waals surface area contributed by atoms with Gasteiger partial charge in [0.2, 0.25) is 0 Å². The Morgan fingerprint density at radius 1 is 1.33 bits per heavy atom. The van der Waals surface area contributed by atoms with Gasteiger partial charge >= 0.3 is 0 Å². The Labute approximate surface area is 147 Å². The Kier molecular flexibility index (Phi) is 4.66. The first-order valence-corrected chi connectivity index (χ1v) is 8.03. The summed E-state index contributed by atoms with van der Waals surface area (Å²) < 4.78 is 9.77. The molecule has 0 fully saturated rings. The van der Waals surface area contributed by atoms with Crippen molar-refractivity contribution < 1.29 is 9.53 Å². The fourth-order valence-electron chi connectivity index (χ4n) is 2.19. The highest BCUT2D eigenvalue weighted by Crippen LogP contribution is 2.16. The van der Waals surface area contributed by atoms with Crippen molar-refractivity contribution in [2.24, 2.45) is 7.05 Å². The first-order chi connectivity index (χ1) is 11.5. The minimum absolute atomic E-state index is 0.230. The van der Waals surface area contributed by atoms with Crippen LogP contribution in [0.1, 0.15) is 16.2 Å². The van der Waals surface area contributed by atoms with E-state index in [2.05, 4.69) is 31.4 Å². The Morgan fingerprint density at radius 2 is 2.08 bits per heavy atom. The Balaban J connectivity index is 1.60. The minimum Gasteiger partial charge on any atom is -0.471 e. The summed E-state index contributed by atoms with van der Waals surface area (Å²) in [6, 6.07) is 9.26. The van der Waals surface area contributed by atoms with Crippen LogP contribution in [0.25, 0.3) is 0 Å². The van der Waals surface area contributed by atoms with Crippen molar-refractivity contribution in [1.29, 1.82) is 0 Å². The van der Waals surface area contributed by atoms with Crippen LogP contribution in [0.3, 0.4) is 0 Å². The molecular formula is C16H16BrN5O2. The summed E-state index contributed by atoms with van der Waals surface area (Å²) in [7, 11) is 1.73. The normalized spacial score (nSPS) is 10.6. The van der Waals surface area contributed by atoms with E-state index in [-0.39, 0.29) is 12.6 Å². The second kappa shape index (κ2) is 6.88. The van der Waals surface area contributed by atoms with E-state index in [1.54, 1.807) is 34.9 Å². The van der Waals surface area contributed by atoms with E-state index < -0.39 is 0 Å². The molecule has 0 radical (unpaired) electrons. The van der Waals surface area contributed by atoms with Crippen molar-refractivity contribution in [1.82, 2.24) is 19.6 Å². The van der Waals surface area contributed by atoms with E-state index in [1.165, 1.54) is 0 Å². The molecule has 2 heterocycles. The maximum absolute atomic E-state index is 12.2. The molecule has 1 amide bonds. The number of halogens is 1. The molecule has 3 rings (SSSR count). The zero-order valence-electron chi connectivity index (χ0n) is 13.2. The quantitative estimate of drug-likeness (QED) is 0.727. The summed E-state index contributed by atoms with van der Waals surface area (Å²) in [6.45, 7) is 2.09. The van der Waals surface area contributed by atoms with Crippen LogP contribution >= 0.6 is 15.9 Å². The number of aromatic nitrogens is 4. The smallest absolute Gasteiger partial charge is 0.274 e. The molecule has 8 heteroatoms. The van der Waals surface area contributed by atoms with E-state index in [0.717, 1.165) is 15.9 Å². The van der Waals surface area contributed by atoms with Crippen LogP contribution in [-0.2, 0) is 13.8 Å². The molecule has 0 aliphatic carbocycles. The molecule has 0 bridgehead atoms. The van der Waals surface area contributed by atoms with E-state index in [1.807, 2.05) is 31.2 Å². The summed E-state index contributed by atoms with van der Waals surface area (Å²) in [4.78, 5) is 12.2. The van der Waals surface area contributed by atoms with Gasteiger partial charge in [-0.25, -0.2) is 4.68 Å². The van der Waals surface area contributed by atoms with Crippen molar-refractivity contribution in [2.45, 2.75) is 13.7 Å². The number of nitrogens with one attached hydrogen (secondary N) is 1. The number of carbonyl (C=O) groups excluding carboxylic acids is 1. The average Bonchev–Trinajstić information content (AvgIpc) is 3.12. The summed E-state index contributed by atoms with van der Waals surface area (Å²) in [5.74, 6) is 0.510. The SMILES string of the molecule is Cc1cc(C(=O)Nc2cnn(COc3ccc(Br)cc3)c2)n(C)n1. The number of ether oxygens (including phenoxy) is 1. The fraction of sp³-hybridized carbons (Fsp3) is 0.188. The summed E-state index contributed by atoms with van der Waals surface area (Å²) in [6.07, 6.45) is 3.28. The number of hydrogen-bond acceptors (Lipinski definition) is 4. The maximum atomic E-state index is 12.2. The highest BCUT2D eigenvalue weighted by Gasteiger charge is 2.12. The molecule has 0 aliphatic heterocycles. The third-order valence-corrected chi connectivity index (χ3v) is 3.83. The number of anilines is 1. The van der Waals surface area contributed by atoms with Gasteiger partial charge in [-0.3, -0.25) is 9.48 Å². The molecule has 0 atom stereocenters. The van der Waals surface area contributed by atoms with Crippen molar-refractivity contribution in [3.05, 3.63) is 58.6 Å². The molecule has 0 unspecified atom stereocenters. The lowest BCUT2D eigenvalue weighted by atomic mass is 10.3. The average molecular weight is 390 g/mol. The van der Waals surface area contributed by atoms with Gasteiger partial charge in [0.15, 0.2) is 6.73 Å². The number of amides is 1. The number of rotatable bonds is 5. The van der Waals surface area contributed by atoms with Crippen molar-refractivity contribution in [3.8, 4) is 5.75 Å². The second-order valence-corrected chi connectivity index (χ2v) is 6.16. The maximum Gasteiger partial charge on any atom is 0.274 e. The molecular weight excluding hydrogens is 374 g/mol. The molecule has 3 aromatic rings. The third kappa shape index (κ3) is 3.83. The van der Waals surface area contributed by atoms with Crippen LogP contribution in [0.5, 0.6) is 5.75 Å². The molecule has 0 saturated heterocycles. The molecule has 7 nitrogen and oxygen atoms in total. The summed E-state index contributed by atoms with van der Waals surface area (Å²) in [5, 5.41) is 11.1. The van der Waals surface area contributed by atoms with Crippen LogP contribution in [0, 0.1) is 6.92 Å². The highest BCUT2D eigenvalue weighted by atomic mass is 79.9. The van der Waals surface area contributed by atoms with Crippen LogP contribution in [0.2, 0.25) is 0 Å². The Morgan fingerprint density at radius 3 is 2.75 bits per heavy atom. The van der Waals surface area contributed by atoms with Crippen LogP contribution in [0.4, 0.5) is 5.69 Å². The molecule has 0 spiro atoms. The van der Waals surface area contributed by atoms with Crippen LogP contribution < -0.4 is 10.1 Å². The lowest BCUT2D eigenvalue weighted by Crippen LogP contribution is -2.15. The molecule has 2 aromatic heterocycles. The molecule has 0 saturated carbocycles. The highest BCUT2D eigenvalue weighted by molar-refractivity contribution is 9.10. The summed E-state index contributed by atoms with van der Waals surface area (Å²) >= 11 is 3.37. The second-order valence-electron chi connectivity index (χ2n) is 5.24. The van der Waals surface area contributed by atoms with E-state index in [9.17, 15) is 4.79 Å². The largest absolute Gasteiger partial charge is 0.471 e. The third-order valence-electron chi connectivity index (χ3n) is 3.30. The van der Waals surface area contributed by atoms with Gasteiger partial charge < -0.3 is 10.1 Å². The predicted octanol–water partition coefficient (Wildman–Crippen LogP) is 2.98. The van der Waals surface area contributed by atoms with Gasteiger partial charge in [0, 0.05) is 11.5 Å². The minimum atomic E-state index is -0.230. The molecule has 0 aliphatic rings. The van der Waals surface area contributed by atoms with Gasteiger partial charge in [0.25, 0.3) is 5.91 Å². The fourth-order valence-corrected chi connectivity index (χ4v) is 2.45. The Bertz CT molecular complexity index is 854. The lowest BCUT2D eigenvalue weighted by molar-refractivity contribution is 0.101. The number of aryl methyl sites for hydroxylation is 2. The number of hydrogen-bond donors (Lipinski definition) is 1. The van der Waals surface area contributed by atoms with Crippen molar-refractivity contribution in [2.75, 3.05) is 5.32 Å². The Hall–Kier alpha value is -2.61. The van der Waals surface area contributed by atoms with Crippen molar-refractivity contribution >= 4 is 27.5 Å². The number of carbonyl (C=O) groups is 1. The molecule has 1 N–H and O–H groups in total. The first-order valence-electron chi connectivity index (χ1n) is 7.24. The first kappa shape index (κ1) is 16.3. The predicted molar refractivity (Wildman–Crippen MR) is 92.9 cm³/mol. The molecule has 1 aromatic carbocycles. The van der Waals surface area contributed by atoms with E-state index in [4.69, 9.17) is 4.74 Å². The van der Waals surface area contributed by atoms with E-state index >= 15 is 0 Å². The molecule has 124 valence electrons. The van der Waals surface area contributed by atoms with E-state index in [0.29, 0.717) is 11.4 Å². The zero-order valence-corrected chi connectivity index (χ0v) is 14.8. The zero-order chi connectivity index (χ0) is 17.1. The topological polar surface area (TPSA) is 74.0 Å². The van der Waals surface area contributed by atoms with Crippen LogP contribution in [-0.4, -0.2) is 25.5 Å². The van der Waals surface area contributed by atoms with Crippen LogP contribution in [0.15, 0.2) is 47.2 Å². The van der Waals surface area contributed by atoms with Gasteiger partial charge in [-0.15, -0.1) is 0 Å². The van der Waals surface area contributed by atoms with Crippen molar-refractivity contribution in [3.63, 3.8) is 0 Å². The molecule has 24 heavy (non-hydrogen) atoms. The van der Waals surface area contributed by atoms with Gasteiger partial charge in [0.05, 0.1) is 23.8 Å². The van der Waals surface area contributed by atoms with Gasteiger partial charge in [0.1, 0.15) is 11.4 Å². The lowest BCUT2D eigenvalue weighted by Gasteiger charge is -2.06. The monoisotopic (exact) mass is 389 g/mol. The van der Waals surface area contributed by atoms with Gasteiger partial charge in [-0.05, 0) is 37.3 Å². The summed E-state index contributed by atoms with van der Waals surface area (Å²) in [5.41, 5.74) is 1.88. The van der Waals surface area contributed by atoms with Gasteiger partial charge in [-0.2, -0.15) is 10.2 Å². The standard InChI is InChI=1S/C16H16BrN5O2/c1-11-7-15(21(2)20-11)16(23)19-13-8-18-22(9-13)10-24-14-5-3-12(17)4-6-14/h3-9H,10H2,1-2H3,(H,19,23). The van der Waals surface area contributed by atoms with Gasteiger partial charge in [-0.1, -0.05) is 15.9 Å².